The molecule has 0 fully saturated rings. The summed E-state index contributed by atoms with van der Waals surface area (Å²) in [4.78, 5) is 0. The molecule has 1 aliphatic rings. The van der Waals surface area contributed by atoms with Gasteiger partial charge in [-0.2, -0.15) is 0 Å². The SMILES string of the molecule is c1ccc(-c2cccc(-c3ccc4c(c3)-c3ccc(-c5cccc(-c6ccccc6)c5)c5cccc-4c35)c2)cc1. The van der Waals surface area contributed by atoms with E-state index in [1.165, 1.54) is 77.5 Å². The van der Waals surface area contributed by atoms with Crippen LogP contribution in [0.1, 0.15) is 0 Å². The minimum atomic E-state index is 1.24. The molecule has 0 saturated heterocycles. The van der Waals surface area contributed by atoms with Crippen molar-refractivity contribution in [3.63, 3.8) is 0 Å². The third-order valence-electron chi connectivity index (χ3n) is 8.22. The molecule has 0 atom stereocenters. The molecule has 0 bridgehead atoms. The molecule has 7 aromatic carbocycles. The normalized spacial score (nSPS) is 11.5. The van der Waals surface area contributed by atoms with Crippen LogP contribution in [0, 0.1) is 0 Å². The third kappa shape index (κ3) is 3.69. The lowest BCUT2D eigenvalue weighted by molar-refractivity contribution is 1.59. The lowest BCUT2D eigenvalue weighted by Gasteiger charge is -2.11. The molecule has 1 aliphatic carbocycles. The van der Waals surface area contributed by atoms with E-state index in [0.29, 0.717) is 0 Å². The molecule has 40 heavy (non-hydrogen) atoms. The van der Waals surface area contributed by atoms with Gasteiger partial charge in [-0.15, -0.1) is 0 Å². The van der Waals surface area contributed by atoms with Gasteiger partial charge in [0.05, 0.1) is 0 Å². The summed E-state index contributed by atoms with van der Waals surface area (Å²) in [5, 5.41) is 2.67. The molecule has 186 valence electrons. The van der Waals surface area contributed by atoms with E-state index < -0.39 is 0 Å². The fourth-order valence-electron chi connectivity index (χ4n) is 6.29. The van der Waals surface area contributed by atoms with Gasteiger partial charge in [-0.3, -0.25) is 0 Å². The van der Waals surface area contributed by atoms with Gasteiger partial charge in [0.15, 0.2) is 0 Å². The van der Waals surface area contributed by atoms with Crippen LogP contribution in [0.25, 0.3) is 77.5 Å². The Balaban J connectivity index is 1.24. The molecular weight excluding hydrogens is 480 g/mol. The van der Waals surface area contributed by atoms with Crippen LogP contribution in [0.5, 0.6) is 0 Å². The molecule has 0 heteroatoms. The van der Waals surface area contributed by atoms with Gasteiger partial charge >= 0.3 is 0 Å². The van der Waals surface area contributed by atoms with Crippen LogP contribution >= 0.6 is 0 Å². The molecule has 8 rings (SSSR count). The first kappa shape index (κ1) is 22.8. The van der Waals surface area contributed by atoms with Crippen LogP contribution in [0.2, 0.25) is 0 Å². The van der Waals surface area contributed by atoms with Gasteiger partial charge in [-0.25, -0.2) is 0 Å². The molecule has 0 nitrogen and oxygen atoms in total. The summed E-state index contributed by atoms with van der Waals surface area (Å²) in [6.07, 6.45) is 0. The van der Waals surface area contributed by atoms with E-state index in [4.69, 9.17) is 0 Å². The highest BCUT2D eigenvalue weighted by Crippen LogP contribution is 2.50. The van der Waals surface area contributed by atoms with Crippen molar-refractivity contribution in [1.29, 1.82) is 0 Å². The summed E-state index contributed by atoms with van der Waals surface area (Å²) < 4.78 is 0. The van der Waals surface area contributed by atoms with E-state index >= 15 is 0 Å². The van der Waals surface area contributed by atoms with Crippen LogP contribution in [-0.2, 0) is 0 Å². The Kier molecular flexibility index (Phi) is 5.24. The lowest BCUT2D eigenvalue weighted by Crippen LogP contribution is -1.85. The van der Waals surface area contributed by atoms with Gasteiger partial charge in [0, 0.05) is 0 Å². The second-order valence-electron chi connectivity index (χ2n) is 10.5. The van der Waals surface area contributed by atoms with Crippen molar-refractivity contribution >= 4 is 10.8 Å². The molecule has 0 spiro atoms. The summed E-state index contributed by atoms with van der Waals surface area (Å²) in [6.45, 7) is 0. The predicted octanol–water partition coefficient (Wildman–Crippen LogP) is 11.2. The van der Waals surface area contributed by atoms with Gasteiger partial charge in [-0.05, 0) is 95.7 Å². The molecule has 0 aromatic heterocycles. The fraction of sp³-hybridized carbons (Fsp3) is 0. The molecule has 7 aromatic rings. The maximum atomic E-state index is 2.38. The van der Waals surface area contributed by atoms with Crippen molar-refractivity contribution in [2.24, 2.45) is 0 Å². The van der Waals surface area contributed by atoms with Crippen molar-refractivity contribution in [3.8, 4) is 66.8 Å². The second-order valence-corrected chi connectivity index (χ2v) is 10.5. The lowest BCUT2D eigenvalue weighted by atomic mass is 9.92. The first-order valence-corrected chi connectivity index (χ1v) is 13.9. The molecule has 0 N–H and O–H groups in total. The predicted molar refractivity (Wildman–Crippen MR) is 170 cm³/mol. The van der Waals surface area contributed by atoms with Crippen molar-refractivity contribution in [2.45, 2.75) is 0 Å². The average Bonchev–Trinajstić information content (AvgIpc) is 3.36. The van der Waals surface area contributed by atoms with Crippen molar-refractivity contribution < 1.29 is 0 Å². The van der Waals surface area contributed by atoms with Crippen LogP contribution in [0.15, 0.2) is 158 Å². The topological polar surface area (TPSA) is 0 Å². The van der Waals surface area contributed by atoms with E-state index in [0.717, 1.165) is 0 Å². The van der Waals surface area contributed by atoms with Crippen molar-refractivity contribution in [2.75, 3.05) is 0 Å². The summed E-state index contributed by atoms with van der Waals surface area (Å²) in [5.74, 6) is 0. The number of hydrogen-bond acceptors (Lipinski definition) is 0. The summed E-state index contributed by atoms with van der Waals surface area (Å²) in [7, 11) is 0. The summed E-state index contributed by atoms with van der Waals surface area (Å²) in [6, 6.07) is 57.4. The molecule has 0 heterocycles. The van der Waals surface area contributed by atoms with Crippen LogP contribution in [0.3, 0.4) is 0 Å². The fourth-order valence-corrected chi connectivity index (χ4v) is 6.29. The first-order chi connectivity index (χ1) is 19.8. The standard InChI is InChI=1S/C40H26/c1-3-10-27(11-4-1)29-14-7-16-31(24-29)32-20-21-35-37-19-9-18-36-34(22-23-38(40(36)37)39(35)26-32)33-17-8-15-30(25-33)28-12-5-2-6-13-28/h1-26H. The Morgan fingerprint density at radius 2 is 0.700 bits per heavy atom. The Hall–Kier alpha value is -5.20. The number of rotatable bonds is 4. The van der Waals surface area contributed by atoms with Gasteiger partial charge in [-0.1, -0.05) is 140 Å². The average molecular weight is 507 g/mol. The largest absolute Gasteiger partial charge is 0.0622 e. The van der Waals surface area contributed by atoms with Gasteiger partial charge in [0.25, 0.3) is 0 Å². The summed E-state index contributed by atoms with van der Waals surface area (Å²) >= 11 is 0. The molecule has 0 amide bonds. The Bertz CT molecular complexity index is 2030. The molecule has 0 aliphatic heterocycles. The zero-order valence-electron chi connectivity index (χ0n) is 22.0. The maximum Gasteiger partial charge on any atom is -0.00201 e. The van der Waals surface area contributed by atoms with Crippen LogP contribution < -0.4 is 0 Å². The highest BCUT2D eigenvalue weighted by Gasteiger charge is 2.23. The minimum absolute atomic E-state index is 1.24. The van der Waals surface area contributed by atoms with Crippen LogP contribution in [0.4, 0.5) is 0 Å². The van der Waals surface area contributed by atoms with Crippen LogP contribution in [-0.4, -0.2) is 0 Å². The minimum Gasteiger partial charge on any atom is -0.0622 e. The van der Waals surface area contributed by atoms with Gasteiger partial charge in [0.2, 0.25) is 0 Å². The highest BCUT2D eigenvalue weighted by atomic mass is 14.3. The van der Waals surface area contributed by atoms with E-state index in [1.54, 1.807) is 0 Å². The third-order valence-corrected chi connectivity index (χ3v) is 8.22. The molecule has 0 unspecified atom stereocenters. The molecular formula is C40H26. The van der Waals surface area contributed by atoms with E-state index in [-0.39, 0.29) is 0 Å². The monoisotopic (exact) mass is 506 g/mol. The zero-order valence-corrected chi connectivity index (χ0v) is 22.0. The van der Waals surface area contributed by atoms with Gasteiger partial charge < -0.3 is 0 Å². The van der Waals surface area contributed by atoms with E-state index in [2.05, 4.69) is 158 Å². The Labute approximate surface area is 234 Å². The highest BCUT2D eigenvalue weighted by molar-refractivity contribution is 6.19. The van der Waals surface area contributed by atoms with Gasteiger partial charge in [0.1, 0.15) is 0 Å². The smallest absolute Gasteiger partial charge is 0.00201 e. The maximum absolute atomic E-state index is 2.38. The Morgan fingerprint density at radius 1 is 0.225 bits per heavy atom. The molecule has 0 radical (unpaired) electrons. The van der Waals surface area contributed by atoms with Crippen molar-refractivity contribution in [3.05, 3.63) is 158 Å². The Morgan fingerprint density at radius 3 is 1.40 bits per heavy atom. The number of hydrogen-bond donors (Lipinski definition) is 0. The first-order valence-electron chi connectivity index (χ1n) is 13.9. The van der Waals surface area contributed by atoms with E-state index in [9.17, 15) is 0 Å². The summed E-state index contributed by atoms with van der Waals surface area (Å²) in [5.41, 5.74) is 15.3. The second kappa shape index (κ2) is 9.22. The quantitative estimate of drug-likeness (QED) is 0.223. The number of benzene rings is 7. The number of fused-ring (bicyclic) bond motifs is 3. The molecule has 0 saturated carbocycles. The van der Waals surface area contributed by atoms with E-state index in [1.807, 2.05) is 0 Å². The zero-order chi connectivity index (χ0) is 26.5. The van der Waals surface area contributed by atoms with Crippen molar-refractivity contribution in [1.82, 2.24) is 0 Å².